The summed E-state index contributed by atoms with van der Waals surface area (Å²) in [6, 6.07) is 1.41. The van der Waals surface area contributed by atoms with Crippen molar-refractivity contribution in [3.05, 3.63) is 24.2 Å². The Kier molecular flexibility index (Phi) is 4.32. The number of carbonyl (C=O) groups is 2. The molecule has 0 atom stereocenters. The van der Waals surface area contributed by atoms with E-state index in [1.54, 1.807) is 25.6 Å². The molecule has 2 N–H and O–H groups in total. The van der Waals surface area contributed by atoms with Gasteiger partial charge in [-0.3, -0.25) is 0 Å². The van der Waals surface area contributed by atoms with Gasteiger partial charge in [-0.2, -0.15) is 0 Å². The van der Waals surface area contributed by atoms with Gasteiger partial charge in [0.15, 0.2) is 0 Å². The maximum atomic E-state index is 12.2. The Bertz CT molecular complexity index is 464. The van der Waals surface area contributed by atoms with E-state index in [1.807, 2.05) is 0 Å². The van der Waals surface area contributed by atoms with Gasteiger partial charge in [0.25, 0.3) is 0 Å². The summed E-state index contributed by atoms with van der Waals surface area (Å²) < 4.78 is 4.95. The number of furan rings is 1. The first-order valence-electron chi connectivity index (χ1n) is 6.81. The second-order valence-corrected chi connectivity index (χ2v) is 5.37. The van der Waals surface area contributed by atoms with Crippen molar-refractivity contribution in [3.8, 4) is 0 Å². The Balaban J connectivity index is 1.99. The van der Waals surface area contributed by atoms with Crippen LogP contribution in [0.5, 0.6) is 0 Å². The van der Waals surface area contributed by atoms with Gasteiger partial charge in [0.2, 0.25) is 0 Å². The van der Waals surface area contributed by atoms with Crippen LogP contribution in [0, 0.1) is 0 Å². The van der Waals surface area contributed by atoms with Crippen molar-refractivity contribution in [3.63, 3.8) is 0 Å². The third-order valence-electron chi connectivity index (χ3n) is 3.81. The molecular formula is C14H20N2O4. The highest BCUT2D eigenvalue weighted by atomic mass is 16.4. The standard InChI is InChI=1S/C14H20N2O4/c1-16(9-11-5-8-20-10-11)13(19)15-14(12(17)18)6-3-2-4-7-14/h5,8,10H,2-4,6-7,9H2,1H3,(H,15,19)(H,17,18). The number of carboxylic acid groups (broad SMARTS) is 1. The summed E-state index contributed by atoms with van der Waals surface area (Å²) in [4.78, 5) is 25.1. The van der Waals surface area contributed by atoms with Crippen LogP contribution in [-0.2, 0) is 11.3 Å². The summed E-state index contributed by atoms with van der Waals surface area (Å²) in [6.07, 6.45) is 6.78. The van der Waals surface area contributed by atoms with Crippen molar-refractivity contribution in [2.24, 2.45) is 0 Å². The molecule has 0 unspecified atom stereocenters. The Morgan fingerprint density at radius 2 is 2.10 bits per heavy atom. The van der Waals surface area contributed by atoms with Crippen LogP contribution in [0.25, 0.3) is 0 Å². The molecule has 0 saturated heterocycles. The molecule has 0 radical (unpaired) electrons. The van der Waals surface area contributed by atoms with Crippen LogP contribution in [0.2, 0.25) is 0 Å². The zero-order chi connectivity index (χ0) is 14.6. The van der Waals surface area contributed by atoms with E-state index >= 15 is 0 Å². The molecule has 1 aromatic heterocycles. The number of nitrogens with one attached hydrogen (secondary N) is 1. The first kappa shape index (κ1) is 14.4. The van der Waals surface area contributed by atoms with Crippen molar-refractivity contribution in [1.29, 1.82) is 0 Å². The molecule has 0 spiro atoms. The van der Waals surface area contributed by atoms with Gasteiger partial charge in [0, 0.05) is 12.6 Å². The summed E-state index contributed by atoms with van der Waals surface area (Å²) in [5.41, 5.74) is -0.240. The minimum absolute atomic E-state index is 0.365. The van der Waals surface area contributed by atoms with E-state index in [0.29, 0.717) is 19.4 Å². The maximum Gasteiger partial charge on any atom is 0.329 e. The highest BCUT2D eigenvalue weighted by Crippen LogP contribution is 2.28. The van der Waals surface area contributed by atoms with Gasteiger partial charge in [0.1, 0.15) is 5.54 Å². The predicted octanol–water partition coefficient (Wildman–Crippen LogP) is 2.21. The molecule has 0 bridgehead atoms. The van der Waals surface area contributed by atoms with Gasteiger partial charge in [-0.05, 0) is 18.9 Å². The predicted molar refractivity (Wildman–Crippen MR) is 72.2 cm³/mol. The molecule has 2 rings (SSSR count). The van der Waals surface area contributed by atoms with Crippen LogP contribution in [0.3, 0.4) is 0 Å². The smallest absolute Gasteiger partial charge is 0.329 e. The minimum Gasteiger partial charge on any atom is -0.480 e. The summed E-state index contributed by atoms with van der Waals surface area (Å²) in [6.45, 7) is 0.387. The Morgan fingerprint density at radius 3 is 2.65 bits per heavy atom. The second-order valence-electron chi connectivity index (χ2n) is 5.37. The van der Waals surface area contributed by atoms with Crippen LogP contribution in [0.1, 0.15) is 37.7 Å². The molecule has 1 aliphatic rings. The average Bonchev–Trinajstić information content (AvgIpc) is 2.92. The molecular weight excluding hydrogens is 260 g/mol. The van der Waals surface area contributed by atoms with E-state index in [4.69, 9.17) is 4.42 Å². The first-order valence-corrected chi connectivity index (χ1v) is 6.81. The molecule has 6 heteroatoms. The number of urea groups is 1. The average molecular weight is 280 g/mol. The molecule has 1 fully saturated rings. The Hall–Kier alpha value is -1.98. The molecule has 2 amide bonds. The fraction of sp³-hybridized carbons (Fsp3) is 0.571. The van der Waals surface area contributed by atoms with E-state index in [2.05, 4.69) is 5.32 Å². The number of rotatable bonds is 4. The van der Waals surface area contributed by atoms with E-state index in [-0.39, 0.29) is 6.03 Å². The Labute approximate surface area is 117 Å². The zero-order valence-electron chi connectivity index (χ0n) is 11.6. The fourth-order valence-electron chi connectivity index (χ4n) is 2.58. The van der Waals surface area contributed by atoms with E-state index < -0.39 is 11.5 Å². The lowest BCUT2D eigenvalue weighted by atomic mass is 9.82. The summed E-state index contributed by atoms with van der Waals surface area (Å²) >= 11 is 0. The van der Waals surface area contributed by atoms with Gasteiger partial charge in [-0.1, -0.05) is 19.3 Å². The van der Waals surface area contributed by atoms with Gasteiger partial charge >= 0.3 is 12.0 Å². The molecule has 0 aliphatic heterocycles. The number of hydrogen-bond donors (Lipinski definition) is 2. The summed E-state index contributed by atoms with van der Waals surface area (Å²) in [7, 11) is 1.64. The quantitative estimate of drug-likeness (QED) is 0.885. The van der Waals surface area contributed by atoms with Crippen LogP contribution in [0.15, 0.2) is 23.0 Å². The number of hydrogen-bond acceptors (Lipinski definition) is 3. The highest BCUT2D eigenvalue weighted by molar-refractivity contribution is 5.86. The van der Waals surface area contributed by atoms with Gasteiger partial charge in [-0.25, -0.2) is 9.59 Å². The van der Waals surface area contributed by atoms with Crippen molar-refractivity contribution < 1.29 is 19.1 Å². The Morgan fingerprint density at radius 1 is 1.40 bits per heavy atom. The SMILES string of the molecule is CN(Cc1ccoc1)C(=O)NC1(C(=O)O)CCCCC1. The number of carboxylic acids is 1. The minimum atomic E-state index is -1.11. The highest BCUT2D eigenvalue weighted by Gasteiger charge is 2.41. The largest absolute Gasteiger partial charge is 0.480 e. The van der Waals surface area contributed by atoms with Crippen LogP contribution < -0.4 is 5.32 Å². The normalized spacial score (nSPS) is 17.4. The molecule has 1 heterocycles. The van der Waals surface area contributed by atoms with Crippen molar-refractivity contribution in [1.82, 2.24) is 10.2 Å². The lowest BCUT2D eigenvalue weighted by Gasteiger charge is -2.35. The topological polar surface area (TPSA) is 82.8 Å². The molecule has 110 valence electrons. The van der Waals surface area contributed by atoms with Crippen LogP contribution >= 0.6 is 0 Å². The summed E-state index contributed by atoms with van der Waals surface area (Å²) in [5.74, 6) is -0.942. The van der Waals surface area contributed by atoms with Crippen molar-refractivity contribution in [2.45, 2.75) is 44.2 Å². The lowest BCUT2D eigenvalue weighted by Crippen LogP contribution is -2.58. The summed E-state index contributed by atoms with van der Waals surface area (Å²) in [5, 5.41) is 12.1. The first-order chi connectivity index (χ1) is 9.53. The zero-order valence-corrected chi connectivity index (χ0v) is 11.6. The van der Waals surface area contributed by atoms with E-state index in [9.17, 15) is 14.7 Å². The van der Waals surface area contributed by atoms with Crippen molar-refractivity contribution >= 4 is 12.0 Å². The molecule has 0 aromatic carbocycles. The van der Waals surface area contributed by atoms with Crippen molar-refractivity contribution in [2.75, 3.05) is 7.05 Å². The number of amides is 2. The fourth-order valence-corrected chi connectivity index (χ4v) is 2.58. The third-order valence-corrected chi connectivity index (χ3v) is 3.81. The van der Waals surface area contributed by atoms with E-state index in [1.165, 1.54) is 4.90 Å². The van der Waals surface area contributed by atoms with Crippen LogP contribution in [-0.4, -0.2) is 34.6 Å². The number of carbonyl (C=O) groups excluding carboxylic acids is 1. The second kappa shape index (κ2) is 5.98. The third kappa shape index (κ3) is 3.12. The molecule has 20 heavy (non-hydrogen) atoms. The van der Waals surface area contributed by atoms with E-state index in [0.717, 1.165) is 24.8 Å². The monoisotopic (exact) mass is 280 g/mol. The van der Waals surface area contributed by atoms with Crippen LogP contribution in [0.4, 0.5) is 4.79 Å². The molecule has 6 nitrogen and oxygen atoms in total. The lowest BCUT2D eigenvalue weighted by molar-refractivity contribution is -0.145. The number of nitrogens with zero attached hydrogens (tertiary/aromatic N) is 1. The molecule has 1 aromatic rings. The molecule has 1 saturated carbocycles. The maximum absolute atomic E-state index is 12.2. The van der Waals surface area contributed by atoms with Gasteiger partial charge < -0.3 is 19.7 Å². The van der Waals surface area contributed by atoms with Gasteiger partial charge in [0.05, 0.1) is 19.1 Å². The van der Waals surface area contributed by atoms with Gasteiger partial charge in [-0.15, -0.1) is 0 Å². The number of aliphatic carboxylic acids is 1. The molecule has 1 aliphatic carbocycles.